The van der Waals surface area contributed by atoms with Crippen LogP contribution in [0.3, 0.4) is 0 Å². The molecule has 2 saturated heterocycles. The molecule has 2 heterocycles. The van der Waals surface area contributed by atoms with E-state index in [1.807, 2.05) is 0 Å². The number of carbonyl (C=O) groups excluding carboxylic acids is 3. The van der Waals surface area contributed by atoms with Crippen molar-refractivity contribution in [2.45, 2.75) is 18.9 Å². The summed E-state index contributed by atoms with van der Waals surface area (Å²) in [5.74, 6) is -0.848. The maximum absolute atomic E-state index is 12.4. The van der Waals surface area contributed by atoms with E-state index in [4.69, 9.17) is 27.9 Å². The van der Waals surface area contributed by atoms with Crippen LogP contribution in [0.2, 0.25) is 10.0 Å². The van der Waals surface area contributed by atoms with Gasteiger partial charge in [-0.15, -0.1) is 0 Å². The first kappa shape index (κ1) is 17.2. The smallest absolute Gasteiger partial charge is 0.242 e. The van der Waals surface area contributed by atoms with Gasteiger partial charge in [-0.05, 0) is 23.8 Å². The van der Waals surface area contributed by atoms with E-state index >= 15 is 0 Å². The van der Waals surface area contributed by atoms with Crippen LogP contribution < -0.4 is 0 Å². The Labute approximate surface area is 149 Å². The molecule has 3 rings (SSSR count). The van der Waals surface area contributed by atoms with E-state index in [-0.39, 0.29) is 43.2 Å². The number of hydrogen-bond donors (Lipinski definition) is 0. The summed E-state index contributed by atoms with van der Waals surface area (Å²) in [6, 6.07) is 5.13. The minimum Gasteiger partial charge on any atom is -0.370 e. The maximum Gasteiger partial charge on any atom is 0.242 e. The van der Waals surface area contributed by atoms with E-state index in [1.165, 1.54) is 0 Å². The van der Waals surface area contributed by atoms with Gasteiger partial charge in [0.2, 0.25) is 17.7 Å². The lowest BCUT2D eigenvalue weighted by atomic mass is 10.1. The van der Waals surface area contributed by atoms with Gasteiger partial charge < -0.3 is 9.64 Å². The number of halogens is 2. The van der Waals surface area contributed by atoms with Gasteiger partial charge in [0.25, 0.3) is 0 Å². The summed E-state index contributed by atoms with van der Waals surface area (Å²) in [7, 11) is 0. The quantitative estimate of drug-likeness (QED) is 0.763. The van der Waals surface area contributed by atoms with Crippen LogP contribution in [0.15, 0.2) is 18.2 Å². The van der Waals surface area contributed by atoms with E-state index in [1.54, 1.807) is 23.1 Å². The number of imide groups is 1. The summed E-state index contributed by atoms with van der Waals surface area (Å²) >= 11 is 12.0. The summed E-state index contributed by atoms with van der Waals surface area (Å²) in [6.45, 7) is 0.898. The zero-order valence-corrected chi connectivity index (χ0v) is 14.3. The van der Waals surface area contributed by atoms with Crippen molar-refractivity contribution >= 4 is 40.9 Å². The SMILES string of the molecule is O=C(CN1C(=O)CCC1=O)N1CCO[C@@H](c2cc(Cl)cc(Cl)c2)C1. The number of carbonyl (C=O) groups is 3. The van der Waals surface area contributed by atoms with Crippen LogP contribution >= 0.6 is 23.2 Å². The Balaban J connectivity index is 1.67. The molecule has 24 heavy (non-hydrogen) atoms. The lowest BCUT2D eigenvalue weighted by Crippen LogP contribution is -2.47. The molecule has 0 aliphatic carbocycles. The van der Waals surface area contributed by atoms with Crippen LogP contribution in [-0.2, 0) is 19.1 Å². The predicted octanol–water partition coefficient (Wildman–Crippen LogP) is 2.04. The van der Waals surface area contributed by atoms with Gasteiger partial charge in [0.05, 0.1) is 13.2 Å². The molecular formula is C16H16Cl2N2O4. The summed E-state index contributed by atoms with van der Waals surface area (Å²) in [5.41, 5.74) is 0.790. The molecule has 1 atom stereocenters. The van der Waals surface area contributed by atoms with Crippen molar-refractivity contribution in [1.29, 1.82) is 0 Å². The molecule has 0 radical (unpaired) electrons. The standard InChI is InChI=1S/C16H16Cl2N2O4/c17-11-5-10(6-12(18)7-11)13-8-19(3-4-24-13)16(23)9-20-14(21)1-2-15(20)22/h5-7,13H,1-4,8-9H2/t13-/m1/s1. The second-order valence-corrected chi connectivity index (χ2v) is 6.65. The van der Waals surface area contributed by atoms with Crippen molar-refractivity contribution < 1.29 is 19.1 Å². The predicted molar refractivity (Wildman–Crippen MR) is 87.7 cm³/mol. The molecule has 1 aromatic rings. The molecule has 1 aromatic carbocycles. The lowest BCUT2D eigenvalue weighted by molar-refractivity contribution is -0.148. The van der Waals surface area contributed by atoms with E-state index in [0.717, 1.165) is 10.5 Å². The number of morpholine rings is 1. The van der Waals surface area contributed by atoms with E-state index in [9.17, 15) is 14.4 Å². The molecule has 3 amide bonds. The van der Waals surface area contributed by atoms with Crippen molar-refractivity contribution in [3.05, 3.63) is 33.8 Å². The minimum atomic E-state index is -0.344. The van der Waals surface area contributed by atoms with Crippen LogP contribution in [0, 0.1) is 0 Å². The Morgan fingerprint density at radius 3 is 2.38 bits per heavy atom. The molecule has 8 heteroatoms. The zero-order chi connectivity index (χ0) is 17.3. The van der Waals surface area contributed by atoms with Crippen LogP contribution in [-0.4, -0.2) is 53.8 Å². The Bertz CT molecular complexity index is 658. The van der Waals surface area contributed by atoms with Crippen LogP contribution in [0.25, 0.3) is 0 Å². The van der Waals surface area contributed by atoms with Crippen molar-refractivity contribution in [2.24, 2.45) is 0 Å². The van der Waals surface area contributed by atoms with Gasteiger partial charge in [-0.2, -0.15) is 0 Å². The molecule has 0 aromatic heterocycles. The third-order valence-electron chi connectivity index (χ3n) is 4.12. The Kier molecular flexibility index (Phi) is 5.08. The molecule has 0 bridgehead atoms. The fraction of sp³-hybridized carbons (Fsp3) is 0.438. The molecule has 0 unspecified atom stereocenters. The highest BCUT2D eigenvalue weighted by atomic mass is 35.5. The monoisotopic (exact) mass is 370 g/mol. The first-order valence-electron chi connectivity index (χ1n) is 7.62. The molecular weight excluding hydrogens is 355 g/mol. The van der Waals surface area contributed by atoms with Gasteiger partial charge in [0.1, 0.15) is 12.6 Å². The van der Waals surface area contributed by atoms with Crippen molar-refractivity contribution in [2.75, 3.05) is 26.2 Å². The van der Waals surface area contributed by atoms with Gasteiger partial charge in [-0.3, -0.25) is 19.3 Å². The molecule has 2 aliphatic rings. The summed E-state index contributed by atoms with van der Waals surface area (Å²) in [6.07, 6.45) is 0.0152. The average Bonchev–Trinajstić information content (AvgIpc) is 2.86. The zero-order valence-electron chi connectivity index (χ0n) is 12.8. The van der Waals surface area contributed by atoms with Gasteiger partial charge in [-0.25, -0.2) is 0 Å². The second kappa shape index (κ2) is 7.09. The number of nitrogens with zero attached hydrogens (tertiary/aromatic N) is 2. The van der Waals surface area contributed by atoms with Gasteiger partial charge in [0.15, 0.2) is 0 Å². The lowest BCUT2D eigenvalue weighted by Gasteiger charge is -2.34. The van der Waals surface area contributed by atoms with Crippen molar-refractivity contribution in [1.82, 2.24) is 9.80 Å². The topological polar surface area (TPSA) is 66.9 Å². The van der Waals surface area contributed by atoms with Crippen LogP contribution in [0.4, 0.5) is 0 Å². The summed E-state index contributed by atoms with van der Waals surface area (Å²) in [4.78, 5) is 38.3. The molecule has 0 saturated carbocycles. The highest BCUT2D eigenvalue weighted by Gasteiger charge is 2.33. The summed E-state index contributed by atoms with van der Waals surface area (Å²) in [5, 5.41) is 0.996. The number of rotatable bonds is 3. The fourth-order valence-electron chi connectivity index (χ4n) is 2.87. The number of ether oxygens (including phenoxy) is 1. The van der Waals surface area contributed by atoms with E-state index < -0.39 is 0 Å². The third-order valence-corrected chi connectivity index (χ3v) is 4.56. The molecule has 0 spiro atoms. The summed E-state index contributed by atoms with van der Waals surface area (Å²) < 4.78 is 5.71. The maximum atomic E-state index is 12.4. The third kappa shape index (κ3) is 3.71. The normalized spacial score (nSPS) is 21.5. The molecule has 2 aliphatic heterocycles. The number of benzene rings is 1. The van der Waals surface area contributed by atoms with Gasteiger partial charge in [-0.1, -0.05) is 23.2 Å². The molecule has 0 N–H and O–H groups in total. The first-order valence-corrected chi connectivity index (χ1v) is 8.38. The Morgan fingerprint density at radius 2 is 1.75 bits per heavy atom. The van der Waals surface area contributed by atoms with Crippen molar-refractivity contribution in [3.8, 4) is 0 Å². The van der Waals surface area contributed by atoms with Gasteiger partial charge in [0, 0.05) is 29.4 Å². The minimum absolute atomic E-state index is 0.179. The molecule has 128 valence electrons. The Morgan fingerprint density at radius 1 is 1.12 bits per heavy atom. The molecule has 6 nitrogen and oxygen atoms in total. The number of amides is 3. The van der Waals surface area contributed by atoms with Crippen LogP contribution in [0.1, 0.15) is 24.5 Å². The Hall–Kier alpha value is -1.63. The highest BCUT2D eigenvalue weighted by Crippen LogP contribution is 2.28. The van der Waals surface area contributed by atoms with Crippen molar-refractivity contribution in [3.63, 3.8) is 0 Å². The van der Waals surface area contributed by atoms with Gasteiger partial charge >= 0.3 is 0 Å². The van der Waals surface area contributed by atoms with E-state index in [2.05, 4.69) is 0 Å². The van der Waals surface area contributed by atoms with Crippen LogP contribution in [0.5, 0.6) is 0 Å². The number of hydrogen-bond acceptors (Lipinski definition) is 4. The largest absolute Gasteiger partial charge is 0.370 e. The fourth-order valence-corrected chi connectivity index (χ4v) is 3.42. The second-order valence-electron chi connectivity index (χ2n) is 5.78. The number of likely N-dealkylation sites (tertiary alicyclic amines) is 1. The highest BCUT2D eigenvalue weighted by molar-refractivity contribution is 6.34. The molecule has 2 fully saturated rings. The van der Waals surface area contributed by atoms with E-state index in [0.29, 0.717) is 29.7 Å². The first-order chi connectivity index (χ1) is 11.4. The average molecular weight is 371 g/mol.